The monoisotopic (exact) mass is 419 g/mol. The maximum Gasteiger partial charge on any atom is 0.261 e. The number of pyridine rings is 1. The Morgan fingerprint density at radius 1 is 1.16 bits per heavy atom. The molecule has 3 rings (SSSR count). The third-order valence-electron chi connectivity index (χ3n) is 4.43. The normalized spacial score (nSPS) is 11.5. The van der Waals surface area contributed by atoms with Gasteiger partial charge in [0.2, 0.25) is 5.88 Å². The molecule has 1 N–H and O–H groups in total. The fraction of sp³-hybridized carbons (Fsp3) is 0.208. The van der Waals surface area contributed by atoms with Crippen molar-refractivity contribution in [2.75, 3.05) is 0 Å². The molecule has 0 spiro atoms. The summed E-state index contributed by atoms with van der Waals surface area (Å²) < 4.78 is 24.5. The van der Waals surface area contributed by atoms with Crippen LogP contribution in [0.2, 0.25) is 0 Å². The number of nitrogens with one attached hydrogen (secondary N) is 1. The lowest BCUT2D eigenvalue weighted by Crippen LogP contribution is -2.41. The summed E-state index contributed by atoms with van der Waals surface area (Å²) in [6.45, 7) is 3.99. The molecular weight excluding hydrogens is 397 g/mol. The number of rotatable bonds is 8. The zero-order valence-electron chi connectivity index (χ0n) is 17.2. The van der Waals surface area contributed by atoms with E-state index in [0.717, 1.165) is 5.56 Å². The standard InChI is InChI=1S/C24H22FN3O3/c1-16(2)23(31-21-6-4-3-5-18(21)14-26)24(29)28-15-17-11-12-27-22(13-17)30-20-9-7-19(25)8-10-20/h3-13,16,23H,15H2,1-2H3,(H,28,29). The van der Waals surface area contributed by atoms with Crippen LogP contribution in [0.5, 0.6) is 17.4 Å². The van der Waals surface area contributed by atoms with Gasteiger partial charge in [-0.2, -0.15) is 5.26 Å². The van der Waals surface area contributed by atoms with Crippen molar-refractivity contribution >= 4 is 5.91 Å². The lowest BCUT2D eigenvalue weighted by Gasteiger charge is -2.22. The van der Waals surface area contributed by atoms with E-state index in [2.05, 4.69) is 16.4 Å². The predicted molar refractivity (Wildman–Crippen MR) is 113 cm³/mol. The third kappa shape index (κ3) is 6.03. The molecular formula is C24H22FN3O3. The Labute approximate surface area is 180 Å². The number of carbonyl (C=O) groups excluding carboxylic acids is 1. The highest BCUT2D eigenvalue weighted by Gasteiger charge is 2.25. The van der Waals surface area contributed by atoms with Crippen LogP contribution in [-0.4, -0.2) is 17.0 Å². The van der Waals surface area contributed by atoms with Gasteiger partial charge < -0.3 is 14.8 Å². The molecule has 0 bridgehead atoms. The molecule has 0 saturated heterocycles. The van der Waals surface area contributed by atoms with Gasteiger partial charge in [0.25, 0.3) is 5.91 Å². The predicted octanol–water partition coefficient (Wildman–Crippen LogP) is 4.60. The summed E-state index contributed by atoms with van der Waals surface area (Å²) in [6, 6.07) is 17.9. The topological polar surface area (TPSA) is 84.2 Å². The molecule has 31 heavy (non-hydrogen) atoms. The number of carbonyl (C=O) groups is 1. The van der Waals surface area contributed by atoms with Gasteiger partial charge in [-0.1, -0.05) is 26.0 Å². The van der Waals surface area contributed by atoms with Gasteiger partial charge in [-0.15, -0.1) is 0 Å². The van der Waals surface area contributed by atoms with E-state index < -0.39 is 6.10 Å². The Bertz CT molecular complexity index is 1080. The number of nitriles is 1. The first kappa shape index (κ1) is 21.8. The highest BCUT2D eigenvalue weighted by molar-refractivity contribution is 5.81. The van der Waals surface area contributed by atoms with Gasteiger partial charge >= 0.3 is 0 Å². The zero-order valence-corrected chi connectivity index (χ0v) is 17.2. The second kappa shape index (κ2) is 10.2. The second-order valence-corrected chi connectivity index (χ2v) is 7.17. The van der Waals surface area contributed by atoms with Gasteiger partial charge in [0, 0.05) is 18.8 Å². The average Bonchev–Trinajstić information content (AvgIpc) is 2.77. The van der Waals surface area contributed by atoms with E-state index in [1.54, 1.807) is 42.6 Å². The summed E-state index contributed by atoms with van der Waals surface area (Å²) in [5, 5.41) is 12.1. The molecule has 2 aromatic carbocycles. The summed E-state index contributed by atoms with van der Waals surface area (Å²) in [6.07, 6.45) is 0.811. The Kier molecular flexibility index (Phi) is 7.17. The fourth-order valence-electron chi connectivity index (χ4n) is 2.82. The minimum atomic E-state index is -0.758. The number of amides is 1. The van der Waals surface area contributed by atoms with E-state index in [1.165, 1.54) is 24.3 Å². The van der Waals surface area contributed by atoms with Crippen LogP contribution < -0.4 is 14.8 Å². The smallest absolute Gasteiger partial charge is 0.261 e. The first-order valence-electron chi connectivity index (χ1n) is 9.78. The summed E-state index contributed by atoms with van der Waals surface area (Å²) in [5.41, 5.74) is 1.15. The van der Waals surface area contributed by atoms with E-state index in [0.29, 0.717) is 22.9 Å². The highest BCUT2D eigenvalue weighted by Crippen LogP contribution is 2.22. The van der Waals surface area contributed by atoms with Gasteiger partial charge in [-0.05, 0) is 53.9 Å². The summed E-state index contributed by atoms with van der Waals surface area (Å²) in [5.74, 6) is 0.411. The molecule has 7 heteroatoms. The molecule has 1 heterocycles. The van der Waals surface area contributed by atoms with Crippen molar-refractivity contribution in [3.63, 3.8) is 0 Å². The number of ether oxygens (including phenoxy) is 2. The van der Waals surface area contributed by atoms with E-state index >= 15 is 0 Å². The van der Waals surface area contributed by atoms with Crippen molar-refractivity contribution in [3.05, 3.63) is 83.8 Å². The van der Waals surface area contributed by atoms with Gasteiger partial charge in [-0.3, -0.25) is 4.79 Å². The molecule has 1 unspecified atom stereocenters. The molecule has 1 atom stereocenters. The van der Waals surface area contributed by atoms with E-state index in [4.69, 9.17) is 9.47 Å². The van der Waals surface area contributed by atoms with Crippen LogP contribution in [-0.2, 0) is 11.3 Å². The van der Waals surface area contributed by atoms with Crippen molar-refractivity contribution in [2.24, 2.45) is 5.92 Å². The zero-order chi connectivity index (χ0) is 22.2. The lowest BCUT2D eigenvalue weighted by atomic mass is 10.1. The van der Waals surface area contributed by atoms with Crippen molar-refractivity contribution in [3.8, 4) is 23.4 Å². The summed E-state index contributed by atoms with van der Waals surface area (Å²) in [4.78, 5) is 16.9. The Morgan fingerprint density at radius 3 is 2.61 bits per heavy atom. The third-order valence-corrected chi connectivity index (χ3v) is 4.43. The molecule has 0 saturated carbocycles. The molecule has 1 aromatic heterocycles. The van der Waals surface area contributed by atoms with Crippen molar-refractivity contribution in [1.82, 2.24) is 10.3 Å². The molecule has 0 fully saturated rings. The van der Waals surface area contributed by atoms with E-state index in [9.17, 15) is 14.4 Å². The fourth-order valence-corrected chi connectivity index (χ4v) is 2.82. The van der Waals surface area contributed by atoms with Crippen LogP contribution in [0.3, 0.4) is 0 Å². The molecule has 0 aliphatic rings. The summed E-state index contributed by atoms with van der Waals surface area (Å²) in [7, 11) is 0. The van der Waals surface area contributed by atoms with Crippen LogP contribution in [0, 0.1) is 23.1 Å². The molecule has 0 aliphatic carbocycles. The SMILES string of the molecule is CC(C)C(Oc1ccccc1C#N)C(=O)NCc1ccnc(Oc2ccc(F)cc2)c1. The van der Waals surface area contributed by atoms with Crippen LogP contribution in [0.1, 0.15) is 25.0 Å². The lowest BCUT2D eigenvalue weighted by molar-refractivity contribution is -0.130. The van der Waals surface area contributed by atoms with Gasteiger partial charge in [0.15, 0.2) is 6.10 Å². The van der Waals surface area contributed by atoms with Gasteiger partial charge in [0.05, 0.1) is 5.56 Å². The Hall–Kier alpha value is -3.92. The number of benzene rings is 2. The Balaban J connectivity index is 1.64. The number of hydrogen-bond donors (Lipinski definition) is 1. The van der Waals surface area contributed by atoms with Crippen LogP contribution in [0.4, 0.5) is 4.39 Å². The average molecular weight is 419 g/mol. The van der Waals surface area contributed by atoms with Crippen LogP contribution in [0.25, 0.3) is 0 Å². The maximum absolute atomic E-state index is 13.0. The minimum absolute atomic E-state index is 0.110. The highest BCUT2D eigenvalue weighted by atomic mass is 19.1. The number of halogens is 1. The van der Waals surface area contributed by atoms with Gasteiger partial charge in [0.1, 0.15) is 23.4 Å². The quantitative estimate of drug-likeness (QED) is 0.577. The number of para-hydroxylation sites is 1. The number of aromatic nitrogens is 1. The van der Waals surface area contributed by atoms with Crippen LogP contribution >= 0.6 is 0 Å². The number of nitrogens with zero attached hydrogens (tertiary/aromatic N) is 2. The minimum Gasteiger partial charge on any atom is -0.479 e. The van der Waals surface area contributed by atoms with E-state index in [1.807, 2.05) is 13.8 Å². The van der Waals surface area contributed by atoms with Crippen molar-refractivity contribution in [1.29, 1.82) is 5.26 Å². The van der Waals surface area contributed by atoms with Crippen molar-refractivity contribution in [2.45, 2.75) is 26.5 Å². The molecule has 6 nitrogen and oxygen atoms in total. The largest absolute Gasteiger partial charge is 0.479 e. The van der Waals surface area contributed by atoms with Crippen molar-refractivity contribution < 1.29 is 18.7 Å². The molecule has 0 radical (unpaired) electrons. The van der Waals surface area contributed by atoms with E-state index in [-0.39, 0.29) is 24.2 Å². The first-order chi connectivity index (χ1) is 15.0. The summed E-state index contributed by atoms with van der Waals surface area (Å²) >= 11 is 0. The second-order valence-electron chi connectivity index (χ2n) is 7.17. The van der Waals surface area contributed by atoms with Gasteiger partial charge in [-0.25, -0.2) is 9.37 Å². The maximum atomic E-state index is 13.0. The van der Waals surface area contributed by atoms with Crippen LogP contribution in [0.15, 0.2) is 66.9 Å². The molecule has 3 aromatic rings. The molecule has 1 amide bonds. The Morgan fingerprint density at radius 2 is 1.90 bits per heavy atom. The first-order valence-corrected chi connectivity index (χ1v) is 9.78. The molecule has 0 aliphatic heterocycles. The number of hydrogen-bond acceptors (Lipinski definition) is 5. The molecule has 158 valence electrons.